The van der Waals surface area contributed by atoms with E-state index in [1.807, 2.05) is 36.4 Å². The summed E-state index contributed by atoms with van der Waals surface area (Å²) in [5.74, 6) is -0.484. The van der Waals surface area contributed by atoms with E-state index >= 15 is 0 Å². The highest BCUT2D eigenvalue weighted by molar-refractivity contribution is 6.13. The fraction of sp³-hybridized carbons (Fsp3) is 0.200. The Balaban J connectivity index is 1.84. The van der Waals surface area contributed by atoms with Crippen LogP contribution in [0.4, 0.5) is 0 Å². The number of hydrogen-bond donors (Lipinski definition) is 1. The molecule has 0 saturated heterocycles. The van der Waals surface area contributed by atoms with E-state index in [9.17, 15) is 9.59 Å². The van der Waals surface area contributed by atoms with E-state index in [-0.39, 0.29) is 5.78 Å². The number of carbonyl (C=O) groups is 2. The Morgan fingerprint density at radius 1 is 1.17 bits per heavy atom. The first-order valence-electron chi connectivity index (χ1n) is 7.87. The zero-order valence-corrected chi connectivity index (χ0v) is 13.4. The van der Waals surface area contributed by atoms with Gasteiger partial charge in [0.2, 0.25) is 0 Å². The van der Waals surface area contributed by atoms with Crippen molar-refractivity contribution in [1.82, 2.24) is 0 Å². The monoisotopic (exact) mass is 322 g/mol. The molecule has 1 aliphatic carbocycles. The van der Waals surface area contributed by atoms with Crippen molar-refractivity contribution in [3.8, 4) is 5.75 Å². The molecule has 1 aliphatic rings. The predicted octanol–water partition coefficient (Wildman–Crippen LogP) is 3.75. The number of fused-ring (bicyclic) bond motifs is 1. The van der Waals surface area contributed by atoms with Crippen LogP contribution >= 0.6 is 0 Å². The number of carbonyl (C=O) groups excluding carboxylic acids is 1. The Hall–Kier alpha value is -2.88. The second-order valence-corrected chi connectivity index (χ2v) is 5.83. The van der Waals surface area contributed by atoms with Gasteiger partial charge in [0.05, 0.1) is 0 Å². The molecule has 0 spiro atoms. The van der Waals surface area contributed by atoms with Gasteiger partial charge in [-0.3, -0.25) is 4.79 Å². The number of benzene rings is 2. The van der Waals surface area contributed by atoms with Crippen LogP contribution in [0.25, 0.3) is 6.08 Å². The Labute approximate surface area is 140 Å². The van der Waals surface area contributed by atoms with Crippen molar-refractivity contribution in [3.63, 3.8) is 0 Å². The molecule has 2 aromatic rings. The number of ether oxygens (including phenoxy) is 1. The summed E-state index contributed by atoms with van der Waals surface area (Å²) in [5, 5.41) is 8.92. The first-order valence-corrected chi connectivity index (χ1v) is 7.87. The van der Waals surface area contributed by atoms with E-state index < -0.39 is 12.1 Å². The molecule has 3 rings (SSSR count). The molecule has 0 saturated carbocycles. The average molecular weight is 322 g/mol. The number of ketones is 1. The van der Waals surface area contributed by atoms with Gasteiger partial charge in [-0.1, -0.05) is 36.4 Å². The Morgan fingerprint density at radius 2 is 1.96 bits per heavy atom. The highest BCUT2D eigenvalue weighted by Crippen LogP contribution is 2.27. The third-order valence-electron chi connectivity index (χ3n) is 4.08. The molecular weight excluding hydrogens is 304 g/mol. The number of carboxylic acid groups (broad SMARTS) is 1. The van der Waals surface area contributed by atoms with Crippen LogP contribution in [-0.2, 0) is 11.2 Å². The van der Waals surface area contributed by atoms with Gasteiger partial charge in [0.25, 0.3) is 0 Å². The minimum absolute atomic E-state index is 0.0575. The summed E-state index contributed by atoms with van der Waals surface area (Å²) in [7, 11) is 0. The number of rotatable bonds is 4. The van der Waals surface area contributed by atoms with Gasteiger partial charge >= 0.3 is 5.97 Å². The first-order chi connectivity index (χ1) is 11.5. The van der Waals surface area contributed by atoms with Gasteiger partial charge in [-0.05, 0) is 49.1 Å². The molecule has 0 radical (unpaired) electrons. The zero-order valence-electron chi connectivity index (χ0n) is 13.4. The van der Waals surface area contributed by atoms with Gasteiger partial charge in [0.1, 0.15) is 5.75 Å². The van der Waals surface area contributed by atoms with Crippen molar-refractivity contribution in [1.29, 1.82) is 0 Å². The molecule has 0 amide bonds. The van der Waals surface area contributed by atoms with Crippen LogP contribution in [0, 0.1) is 0 Å². The number of Topliss-reactive ketones (excluding diaryl/α,β-unsaturated/α-hetero) is 1. The molecular formula is C20H18O4. The largest absolute Gasteiger partial charge is 0.479 e. The van der Waals surface area contributed by atoms with Crippen LogP contribution in [0.2, 0.25) is 0 Å². The average Bonchev–Trinajstić information content (AvgIpc) is 2.58. The number of carboxylic acids is 1. The molecule has 2 aromatic carbocycles. The van der Waals surface area contributed by atoms with Crippen molar-refractivity contribution in [2.75, 3.05) is 0 Å². The lowest BCUT2D eigenvalue weighted by Crippen LogP contribution is -2.22. The maximum atomic E-state index is 12.6. The summed E-state index contributed by atoms with van der Waals surface area (Å²) in [6, 6.07) is 14.8. The predicted molar refractivity (Wildman–Crippen MR) is 91.2 cm³/mol. The number of hydrogen-bond acceptors (Lipinski definition) is 3. The van der Waals surface area contributed by atoms with Crippen molar-refractivity contribution in [2.24, 2.45) is 0 Å². The molecule has 0 bridgehead atoms. The molecule has 0 fully saturated rings. The summed E-state index contributed by atoms with van der Waals surface area (Å²) in [6.45, 7) is 1.48. The van der Waals surface area contributed by atoms with Gasteiger partial charge in [0.15, 0.2) is 11.9 Å². The molecule has 0 aliphatic heterocycles. The van der Waals surface area contributed by atoms with Gasteiger partial charge in [0, 0.05) is 11.1 Å². The fourth-order valence-electron chi connectivity index (χ4n) is 2.79. The summed E-state index contributed by atoms with van der Waals surface area (Å²) in [6.07, 6.45) is 2.49. The van der Waals surface area contributed by atoms with Crippen LogP contribution in [0.5, 0.6) is 5.75 Å². The maximum absolute atomic E-state index is 12.6. The molecule has 0 aromatic heterocycles. The van der Waals surface area contributed by atoms with Gasteiger partial charge < -0.3 is 9.84 Å². The molecule has 4 heteroatoms. The maximum Gasteiger partial charge on any atom is 0.344 e. The van der Waals surface area contributed by atoms with Gasteiger partial charge in [-0.2, -0.15) is 0 Å². The minimum atomic E-state index is -1.02. The van der Waals surface area contributed by atoms with Gasteiger partial charge in [-0.15, -0.1) is 0 Å². The quantitative estimate of drug-likeness (QED) is 0.871. The smallest absolute Gasteiger partial charge is 0.344 e. The van der Waals surface area contributed by atoms with E-state index in [0.717, 1.165) is 28.7 Å². The first kappa shape index (κ1) is 16.0. The van der Waals surface area contributed by atoms with E-state index in [4.69, 9.17) is 9.84 Å². The van der Waals surface area contributed by atoms with E-state index in [2.05, 4.69) is 0 Å². The van der Waals surface area contributed by atoms with E-state index in [0.29, 0.717) is 12.2 Å². The fourth-order valence-corrected chi connectivity index (χ4v) is 2.79. The highest BCUT2D eigenvalue weighted by atomic mass is 16.5. The summed E-state index contributed by atoms with van der Waals surface area (Å²) in [5.41, 5.74) is 3.44. The minimum Gasteiger partial charge on any atom is -0.479 e. The summed E-state index contributed by atoms with van der Waals surface area (Å²) < 4.78 is 5.37. The number of aryl methyl sites for hydroxylation is 1. The summed E-state index contributed by atoms with van der Waals surface area (Å²) in [4.78, 5) is 23.5. The molecule has 1 atom stereocenters. The Kier molecular flexibility index (Phi) is 4.47. The van der Waals surface area contributed by atoms with Crippen molar-refractivity contribution in [3.05, 3.63) is 70.8 Å². The van der Waals surface area contributed by atoms with E-state index in [1.54, 1.807) is 18.2 Å². The topological polar surface area (TPSA) is 63.6 Å². The lowest BCUT2D eigenvalue weighted by Gasteiger charge is -2.17. The number of allylic oxidation sites excluding steroid dienone is 1. The molecule has 1 N–H and O–H groups in total. The summed E-state index contributed by atoms with van der Waals surface area (Å²) >= 11 is 0. The van der Waals surface area contributed by atoms with Crippen LogP contribution < -0.4 is 4.74 Å². The van der Waals surface area contributed by atoms with Crippen LogP contribution in [0.1, 0.15) is 34.8 Å². The van der Waals surface area contributed by atoms with Crippen LogP contribution in [0.3, 0.4) is 0 Å². The second kappa shape index (κ2) is 6.71. The SMILES string of the molecule is CC(Oc1cccc(C=C2CCc3ccccc3C2=O)c1)C(=O)O. The molecule has 1 unspecified atom stereocenters. The highest BCUT2D eigenvalue weighted by Gasteiger charge is 2.21. The van der Waals surface area contributed by atoms with Gasteiger partial charge in [-0.25, -0.2) is 4.79 Å². The lowest BCUT2D eigenvalue weighted by molar-refractivity contribution is -0.144. The van der Waals surface area contributed by atoms with Crippen molar-refractivity contribution in [2.45, 2.75) is 25.9 Å². The van der Waals surface area contributed by atoms with E-state index in [1.165, 1.54) is 6.92 Å². The lowest BCUT2D eigenvalue weighted by atomic mass is 9.86. The normalized spacial score (nSPS) is 16.5. The van der Waals surface area contributed by atoms with Crippen LogP contribution in [-0.4, -0.2) is 23.0 Å². The Bertz CT molecular complexity index is 820. The number of aliphatic carboxylic acids is 1. The molecule has 0 heterocycles. The van der Waals surface area contributed by atoms with Crippen molar-refractivity contribution < 1.29 is 19.4 Å². The molecule has 24 heavy (non-hydrogen) atoms. The van der Waals surface area contributed by atoms with Crippen LogP contribution in [0.15, 0.2) is 54.1 Å². The molecule has 122 valence electrons. The third kappa shape index (κ3) is 3.38. The second-order valence-electron chi connectivity index (χ2n) is 5.83. The third-order valence-corrected chi connectivity index (χ3v) is 4.08. The van der Waals surface area contributed by atoms with Crippen molar-refractivity contribution >= 4 is 17.8 Å². The molecule has 4 nitrogen and oxygen atoms in total. The Morgan fingerprint density at radius 3 is 2.75 bits per heavy atom. The standard InChI is InChI=1S/C20H18O4/c1-13(20(22)23)24-17-7-4-5-14(12-17)11-16-10-9-15-6-2-3-8-18(15)19(16)21/h2-8,11-13H,9-10H2,1H3,(H,22,23). The zero-order chi connectivity index (χ0) is 17.1.